The van der Waals surface area contributed by atoms with E-state index >= 15 is 0 Å². The molecule has 2 aliphatic rings. The van der Waals surface area contributed by atoms with Gasteiger partial charge in [0.25, 0.3) is 0 Å². The van der Waals surface area contributed by atoms with Crippen molar-refractivity contribution in [2.45, 2.75) is 34.5 Å². The Morgan fingerprint density at radius 2 is 0.857 bits per heavy atom. The zero-order valence-corrected chi connectivity index (χ0v) is 35.9. The van der Waals surface area contributed by atoms with E-state index in [-0.39, 0.29) is 5.41 Å². The predicted octanol–water partition coefficient (Wildman–Crippen LogP) is 15.5. The fraction of sp³-hybridized carbons (Fsp3) is 0.0667. The standard InChI is InChI=1S/C60H42N2S/c1-59(2)48-28-11-12-29-49(48)60(50-30-13-15-33-55(50)63-56-34-16-14-31-51(56)60)52-32-18-27-44(57(52)59)41-23-17-24-42(37-41)58-61-53(40-21-7-4-8-22-40)38-54(62-58)47-36-35-43(39-19-5-3-6-20-39)45-25-9-10-26-46(45)47/h3-38H,1-2H3. The van der Waals surface area contributed by atoms with Crippen LogP contribution in [0, 0.1) is 0 Å². The maximum Gasteiger partial charge on any atom is 0.160 e. The maximum absolute atomic E-state index is 5.44. The SMILES string of the molecule is CC1(C)c2ccccc2C2(c3ccccc3Sc3ccccc32)c2cccc(-c3cccc(-c4nc(-c5ccccc5)cc(-c5ccc(-c6ccccc6)c6ccccc56)n4)c3)c21. The number of hydrogen-bond donors (Lipinski definition) is 0. The molecule has 2 heterocycles. The first-order chi connectivity index (χ1) is 31.0. The van der Waals surface area contributed by atoms with Gasteiger partial charge in [0.15, 0.2) is 5.82 Å². The second-order valence-corrected chi connectivity index (χ2v) is 18.3. The Kier molecular flexibility index (Phi) is 8.71. The molecule has 1 aliphatic heterocycles. The normalized spacial score (nSPS) is 14.1. The monoisotopic (exact) mass is 822 g/mol. The number of benzene rings is 9. The second-order valence-electron chi connectivity index (χ2n) is 17.2. The minimum absolute atomic E-state index is 0.303. The van der Waals surface area contributed by atoms with E-state index in [9.17, 15) is 0 Å². The third kappa shape index (κ3) is 5.80. The molecule has 9 aromatic carbocycles. The van der Waals surface area contributed by atoms with Gasteiger partial charge in [-0.25, -0.2) is 9.97 Å². The first-order valence-corrected chi connectivity index (χ1v) is 22.6. The lowest BCUT2D eigenvalue weighted by atomic mass is 9.53. The van der Waals surface area contributed by atoms with Gasteiger partial charge in [0.1, 0.15) is 0 Å². The summed E-state index contributed by atoms with van der Waals surface area (Å²) in [6, 6.07) is 79.6. The minimum atomic E-state index is -0.492. The summed E-state index contributed by atoms with van der Waals surface area (Å²) >= 11 is 1.88. The van der Waals surface area contributed by atoms with E-state index in [1.165, 1.54) is 65.2 Å². The van der Waals surface area contributed by atoms with Crippen LogP contribution in [0.1, 0.15) is 47.2 Å². The quantitative estimate of drug-likeness (QED) is 0.173. The molecule has 0 amide bonds. The summed E-state index contributed by atoms with van der Waals surface area (Å²) < 4.78 is 0. The third-order valence-electron chi connectivity index (χ3n) is 13.4. The summed E-state index contributed by atoms with van der Waals surface area (Å²) in [7, 11) is 0. The van der Waals surface area contributed by atoms with Crippen LogP contribution in [0.4, 0.5) is 0 Å². The summed E-state index contributed by atoms with van der Waals surface area (Å²) in [4.78, 5) is 13.4. The molecule has 0 atom stereocenters. The van der Waals surface area contributed by atoms with Gasteiger partial charge < -0.3 is 0 Å². The Bertz CT molecular complexity index is 3360. The van der Waals surface area contributed by atoms with Gasteiger partial charge in [0.05, 0.1) is 16.8 Å². The zero-order chi connectivity index (χ0) is 42.1. The number of hydrogen-bond acceptors (Lipinski definition) is 3. The molecular formula is C60H42N2S. The van der Waals surface area contributed by atoms with Gasteiger partial charge in [0, 0.05) is 31.9 Å². The molecule has 1 spiro atoms. The van der Waals surface area contributed by atoms with E-state index in [1.54, 1.807) is 0 Å². The fourth-order valence-electron chi connectivity index (χ4n) is 10.7. The Balaban J connectivity index is 1.07. The number of nitrogens with zero attached hydrogens (tertiary/aromatic N) is 2. The molecule has 298 valence electrons. The highest BCUT2D eigenvalue weighted by atomic mass is 32.2. The van der Waals surface area contributed by atoms with Gasteiger partial charge in [-0.05, 0) is 90.7 Å². The molecule has 63 heavy (non-hydrogen) atoms. The largest absolute Gasteiger partial charge is 0.228 e. The molecule has 10 aromatic rings. The van der Waals surface area contributed by atoms with Gasteiger partial charge in [-0.1, -0.05) is 220 Å². The Hall–Kier alpha value is -7.33. The summed E-state index contributed by atoms with van der Waals surface area (Å²) in [5, 5.41) is 2.36. The molecule has 0 saturated carbocycles. The lowest BCUT2D eigenvalue weighted by molar-refractivity contribution is 0.550. The molecule has 0 fully saturated rings. The Morgan fingerprint density at radius 1 is 0.349 bits per heavy atom. The van der Waals surface area contributed by atoms with Crippen molar-refractivity contribution in [1.29, 1.82) is 0 Å². The molecule has 1 aromatic heterocycles. The number of aromatic nitrogens is 2. The van der Waals surface area contributed by atoms with Crippen LogP contribution in [0.15, 0.2) is 228 Å². The van der Waals surface area contributed by atoms with Crippen LogP contribution in [-0.4, -0.2) is 9.97 Å². The Morgan fingerprint density at radius 3 is 1.57 bits per heavy atom. The molecular weight excluding hydrogens is 781 g/mol. The molecule has 1 aliphatic carbocycles. The summed E-state index contributed by atoms with van der Waals surface area (Å²) in [6.45, 7) is 4.82. The number of rotatable bonds is 5. The van der Waals surface area contributed by atoms with E-state index in [1.807, 2.05) is 11.8 Å². The van der Waals surface area contributed by atoms with E-state index < -0.39 is 5.41 Å². The average Bonchev–Trinajstić information content (AvgIpc) is 3.35. The maximum atomic E-state index is 5.44. The molecule has 0 bridgehead atoms. The fourth-order valence-corrected chi connectivity index (χ4v) is 11.9. The predicted molar refractivity (Wildman–Crippen MR) is 261 cm³/mol. The second kappa shape index (κ2) is 14.7. The van der Waals surface area contributed by atoms with Crippen molar-refractivity contribution in [3.05, 3.63) is 252 Å². The number of fused-ring (bicyclic) bond motifs is 9. The molecule has 12 rings (SSSR count). The first kappa shape index (κ1) is 37.4. The first-order valence-electron chi connectivity index (χ1n) is 21.7. The molecule has 2 nitrogen and oxygen atoms in total. The Labute approximate surface area is 373 Å². The highest BCUT2D eigenvalue weighted by Gasteiger charge is 2.52. The van der Waals surface area contributed by atoms with Crippen molar-refractivity contribution in [2.75, 3.05) is 0 Å². The summed E-state index contributed by atoms with van der Waals surface area (Å²) in [6.07, 6.45) is 0. The van der Waals surface area contributed by atoms with Crippen molar-refractivity contribution < 1.29 is 0 Å². The highest BCUT2D eigenvalue weighted by molar-refractivity contribution is 7.99. The molecule has 0 N–H and O–H groups in total. The van der Waals surface area contributed by atoms with Crippen molar-refractivity contribution in [3.63, 3.8) is 0 Å². The average molecular weight is 823 g/mol. The van der Waals surface area contributed by atoms with Crippen LogP contribution in [0.3, 0.4) is 0 Å². The molecule has 0 radical (unpaired) electrons. The topological polar surface area (TPSA) is 25.8 Å². The smallest absolute Gasteiger partial charge is 0.160 e. The van der Waals surface area contributed by atoms with E-state index in [0.717, 1.165) is 39.0 Å². The van der Waals surface area contributed by atoms with Crippen LogP contribution in [0.2, 0.25) is 0 Å². The summed E-state index contributed by atoms with van der Waals surface area (Å²) in [5.41, 5.74) is 16.9. The van der Waals surface area contributed by atoms with Gasteiger partial charge in [-0.15, -0.1) is 0 Å². The van der Waals surface area contributed by atoms with E-state index in [4.69, 9.17) is 9.97 Å². The van der Waals surface area contributed by atoms with Gasteiger partial charge in [-0.3, -0.25) is 0 Å². The highest BCUT2D eigenvalue weighted by Crippen LogP contribution is 2.62. The minimum Gasteiger partial charge on any atom is -0.228 e. The molecule has 0 saturated heterocycles. The molecule has 0 unspecified atom stereocenters. The van der Waals surface area contributed by atoms with Crippen molar-refractivity contribution in [1.82, 2.24) is 9.97 Å². The van der Waals surface area contributed by atoms with Crippen LogP contribution in [0.5, 0.6) is 0 Å². The van der Waals surface area contributed by atoms with Crippen molar-refractivity contribution >= 4 is 22.5 Å². The van der Waals surface area contributed by atoms with Crippen LogP contribution in [0.25, 0.3) is 66.9 Å². The van der Waals surface area contributed by atoms with Gasteiger partial charge in [0.2, 0.25) is 0 Å². The summed E-state index contributed by atoms with van der Waals surface area (Å²) in [5.74, 6) is 0.697. The van der Waals surface area contributed by atoms with Gasteiger partial charge in [-0.2, -0.15) is 0 Å². The lowest BCUT2D eigenvalue weighted by Gasteiger charge is -2.51. The van der Waals surface area contributed by atoms with Crippen molar-refractivity contribution in [2.24, 2.45) is 0 Å². The van der Waals surface area contributed by atoms with Crippen LogP contribution >= 0.6 is 11.8 Å². The van der Waals surface area contributed by atoms with Gasteiger partial charge >= 0.3 is 0 Å². The van der Waals surface area contributed by atoms with E-state index in [2.05, 4.69) is 232 Å². The van der Waals surface area contributed by atoms with E-state index in [0.29, 0.717) is 5.82 Å². The van der Waals surface area contributed by atoms with Crippen molar-refractivity contribution in [3.8, 4) is 56.2 Å². The van der Waals surface area contributed by atoms with Crippen LogP contribution < -0.4 is 0 Å². The van der Waals surface area contributed by atoms with Crippen LogP contribution in [-0.2, 0) is 10.8 Å². The lowest BCUT2D eigenvalue weighted by Crippen LogP contribution is -2.43. The third-order valence-corrected chi connectivity index (χ3v) is 14.6. The zero-order valence-electron chi connectivity index (χ0n) is 35.1. The molecule has 3 heteroatoms.